The van der Waals surface area contributed by atoms with E-state index in [2.05, 4.69) is 10.2 Å². The summed E-state index contributed by atoms with van der Waals surface area (Å²) in [6.45, 7) is 4.37. The lowest BCUT2D eigenvalue weighted by Crippen LogP contribution is -2.48. The van der Waals surface area contributed by atoms with Crippen molar-refractivity contribution < 1.29 is 4.74 Å². The van der Waals surface area contributed by atoms with Crippen molar-refractivity contribution in [2.24, 2.45) is 4.99 Å². The Kier molecular flexibility index (Phi) is 3.24. The predicted molar refractivity (Wildman–Crippen MR) is 78.8 cm³/mol. The van der Waals surface area contributed by atoms with E-state index in [-0.39, 0.29) is 5.54 Å². The molecule has 0 amide bonds. The van der Waals surface area contributed by atoms with Crippen LogP contribution in [0, 0.1) is 0 Å². The third kappa shape index (κ3) is 2.30. The van der Waals surface area contributed by atoms with Crippen LogP contribution in [-0.4, -0.2) is 59.7 Å². The third-order valence-electron chi connectivity index (χ3n) is 5.16. The van der Waals surface area contributed by atoms with Crippen LogP contribution < -0.4 is 5.32 Å². The van der Waals surface area contributed by atoms with Crippen LogP contribution in [0.5, 0.6) is 0 Å². The molecule has 4 fully saturated rings. The summed E-state index contributed by atoms with van der Waals surface area (Å²) in [5, 5.41) is 4.94. The maximum atomic E-state index is 5.49. The van der Waals surface area contributed by atoms with Gasteiger partial charge < -0.3 is 10.1 Å². The van der Waals surface area contributed by atoms with E-state index in [1.54, 1.807) is 0 Å². The minimum Gasteiger partial charge on any atom is -0.381 e. The average Bonchev–Trinajstić information content (AvgIpc) is 3.10. The fraction of sp³-hybridized carbons (Fsp3) is 0.929. The molecule has 2 atom stereocenters. The van der Waals surface area contributed by atoms with E-state index in [9.17, 15) is 0 Å². The van der Waals surface area contributed by atoms with Crippen LogP contribution in [-0.2, 0) is 4.74 Å². The zero-order valence-corrected chi connectivity index (χ0v) is 12.3. The molecule has 19 heavy (non-hydrogen) atoms. The Morgan fingerprint density at radius 2 is 2.16 bits per heavy atom. The first-order valence-electron chi connectivity index (χ1n) is 7.65. The van der Waals surface area contributed by atoms with Crippen molar-refractivity contribution in [3.05, 3.63) is 0 Å². The number of aliphatic imine (C=N–C) groups is 1. The Morgan fingerprint density at radius 1 is 1.26 bits per heavy atom. The van der Waals surface area contributed by atoms with Gasteiger partial charge in [0.2, 0.25) is 0 Å². The monoisotopic (exact) mass is 281 g/mol. The van der Waals surface area contributed by atoms with E-state index in [1.807, 2.05) is 11.8 Å². The van der Waals surface area contributed by atoms with E-state index < -0.39 is 0 Å². The van der Waals surface area contributed by atoms with Crippen molar-refractivity contribution in [1.29, 1.82) is 0 Å². The summed E-state index contributed by atoms with van der Waals surface area (Å²) < 4.78 is 5.49. The lowest BCUT2D eigenvalue weighted by atomic mass is 9.93. The van der Waals surface area contributed by atoms with Crippen LogP contribution >= 0.6 is 11.8 Å². The number of nitrogens with zero attached hydrogens (tertiary/aromatic N) is 2. The van der Waals surface area contributed by atoms with Crippen molar-refractivity contribution in [2.75, 3.05) is 32.1 Å². The minimum atomic E-state index is 0.287. The van der Waals surface area contributed by atoms with Crippen molar-refractivity contribution in [3.63, 3.8) is 0 Å². The number of hydrogen-bond donors (Lipinski definition) is 1. The van der Waals surface area contributed by atoms with Gasteiger partial charge in [-0.25, -0.2) is 0 Å². The van der Waals surface area contributed by atoms with Gasteiger partial charge in [0.25, 0.3) is 0 Å². The first-order chi connectivity index (χ1) is 9.35. The third-order valence-corrected chi connectivity index (χ3v) is 6.34. The molecule has 0 aliphatic carbocycles. The Bertz CT molecular complexity index is 381. The summed E-state index contributed by atoms with van der Waals surface area (Å²) in [6.07, 6.45) is 6.25. The Labute approximate surface area is 119 Å². The summed E-state index contributed by atoms with van der Waals surface area (Å²) in [4.78, 5) is 7.69. The normalized spacial score (nSPS) is 39.9. The molecule has 106 valence electrons. The molecule has 4 saturated heterocycles. The average molecular weight is 281 g/mol. The largest absolute Gasteiger partial charge is 0.381 e. The molecular weight excluding hydrogens is 258 g/mol. The lowest BCUT2D eigenvalue weighted by Gasteiger charge is -2.32. The fourth-order valence-electron chi connectivity index (χ4n) is 3.96. The van der Waals surface area contributed by atoms with E-state index in [0.29, 0.717) is 6.04 Å². The van der Waals surface area contributed by atoms with Crippen molar-refractivity contribution in [1.82, 2.24) is 10.2 Å². The Balaban J connectivity index is 1.44. The van der Waals surface area contributed by atoms with Crippen molar-refractivity contribution >= 4 is 16.9 Å². The second kappa shape index (κ2) is 4.93. The summed E-state index contributed by atoms with van der Waals surface area (Å²) in [7, 11) is 0. The van der Waals surface area contributed by atoms with Gasteiger partial charge >= 0.3 is 0 Å². The molecule has 5 heteroatoms. The number of amidine groups is 1. The van der Waals surface area contributed by atoms with E-state index >= 15 is 0 Å². The molecule has 2 unspecified atom stereocenters. The number of ether oxygens (including phenoxy) is 1. The minimum absolute atomic E-state index is 0.287. The molecule has 0 radical (unpaired) electrons. The number of hydrogen-bond acceptors (Lipinski definition) is 4. The summed E-state index contributed by atoms with van der Waals surface area (Å²) in [6, 6.07) is 1.29. The summed E-state index contributed by atoms with van der Waals surface area (Å²) in [5.41, 5.74) is 0.287. The van der Waals surface area contributed by atoms with E-state index in [4.69, 9.17) is 9.73 Å². The fourth-order valence-corrected chi connectivity index (χ4v) is 5.24. The smallest absolute Gasteiger partial charge is 0.157 e. The molecule has 1 spiro atoms. The van der Waals surface area contributed by atoms with Crippen LogP contribution in [0.15, 0.2) is 4.99 Å². The molecular formula is C14H23N3OS. The van der Waals surface area contributed by atoms with Gasteiger partial charge in [-0.2, -0.15) is 0 Å². The van der Waals surface area contributed by atoms with Gasteiger partial charge in [-0.1, -0.05) is 11.8 Å². The van der Waals surface area contributed by atoms with Crippen LogP contribution in [0.1, 0.15) is 32.1 Å². The molecule has 0 bridgehead atoms. The molecule has 0 aromatic carbocycles. The maximum Gasteiger partial charge on any atom is 0.157 e. The van der Waals surface area contributed by atoms with Gasteiger partial charge in [0.1, 0.15) is 0 Å². The van der Waals surface area contributed by atoms with E-state index in [0.717, 1.165) is 32.1 Å². The first-order valence-corrected chi connectivity index (χ1v) is 8.64. The number of thioether (sulfide) groups is 1. The molecule has 0 aromatic heterocycles. The van der Waals surface area contributed by atoms with Crippen LogP contribution in [0.3, 0.4) is 0 Å². The van der Waals surface area contributed by atoms with Gasteiger partial charge in [-0.3, -0.25) is 9.89 Å². The molecule has 4 nitrogen and oxygen atoms in total. The number of fused-ring (bicyclic) bond motifs is 1. The van der Waals surface area contributed by atoms with Crippen LogP contribution in [0.4, 0.5) is 0 Å². The van der Waals surface area contributed by atoms with Gasteiger partial charge in [-0.15, -0.1) is 0 Å². The van der Waals surface area contributed by atoms with Gasteiger partial charge in [0, 0.05) is 31.6 Å². The summed E-state index contributed by atoms with van der Waals surface area (Å²) >= 11 is 1.93. The predicted octanol–water partition coefficient (Wildman–Crippen LogP) is 1.46. The van der Waals surface area contributed by atoms with Crippen LogP contribution in [0.2, 0.25) is 0 Å². The lowest BCUT2D eigenvalue weighted by molar-refractivity contribution is 0.0555. The van der Waals surface area contributed by atoms with Crippen LogP contribution in [0.25, 0.3) is 0 Å². The Hall–Kier alpha value is -0.260. The Morgan fingerprint density at radius 3 is 3.05 bits per heavy atom. The number of nitrogens with one attached hydrogen (secondary N) is 1. The van der Waals surface area contributed by atoms with Gasteiger partial charge in [0.05, 0.1) is 11.6 Å². The molecule has 4 rings (SSSR count). The van der Waals surface area contributed by atoms with E-state index in [1.165, 1.54) is 43.3 Å². The quantitative estimate of drug-likeness (QED) is 0.789. The van der Waals surface area contributed by atoms with Gasteiger partial charge in [-0.05, 0) is 38.6 Å². The van der Waals surface area contributed by atoms with Crippen molar-refractivity contribution in [3.8, 4) is 0 Å². The number of rotatable bonds is 1. The van der Waals surface area contributed by atoms with Crippen molar-refractivity contribution in [2.45, 2.75) is 49.7 Å². The zero-order chi connectivity index (χ0) is 12.7. The highest BCUT2D eigenvalue weighted by molar-refractivity contribution is 8.14. The molecule has 0 saturated carbocycles. The zero-order valence-electron chi connectivity index (χ0n) is 11.4. The van der Waals surface area contributed by atoms with Gasteiger partial charge in [0.15, 0.2) is 5.17 Å². The topological polar surface area (TPSA) is 36.9 Å². The highest BCUT2D eigenvalue weighted by atomic mass is 32.2. The molecule has 4 aliphatic rings. The molecule has 4 aliphatic heterocycles. The highest BCUT2D eigenvalue weighted by Crippen LogP contribution is 2.34. The maximum absolute atomic E-state index is 5.49. The highest BCUT2D eigenvalue weighted by Gasteiger charge is 2.41. The summed E-state index contributed by atoms with van der Waals surface area (Å²) in [5.74, 6) is 1.18. The molecule has 0 aromatic rings. The second-order valence-electron chi connectivity index (χ2n) is 6.34. The second-order valence-corrected chi connectivity index (χ2v) is 7.31. The molecule has 4 heterocycles. The standard InChI is InChI=1S/C14H23N3OS/c1-2-12-11(3-7-17(12)6-1)15-13-16-14(10-19-13)4-8-18-9-5-14/h11-12H,1-10H2,(H,15,16). The SMILES string of the molecule is C1CC2C(N=C3NC4(CCOCC4)CS3)CCN2C1. The first kappa shape index (κ1) is 12.5. The molecule has 1 N–H and O–H groups in total.